The lowest BCUT2D eigenvalue weighted by Gasteiger charge is -2.18. The van der Waals surface area contributed by atoms with Crippen LogP contribution in [-0.4, -0.2) is 31.8 Å². The van der Waals surface area contributed by atoms with Gasteiger partial charge in [-0.2, -0.15) is 0 Å². The van der Waals surface area contributed by atoms with Gasteiger partial charge in [-0.3, -0.25) is 4.98 Å². The molecule has 1 aliphatic carbocycles. The van der Waals surface area contributed by atoms with E-state index in [4.69, 9.17) is 0 Å². The van der Waals surface area contributed by atoms with E-state index in [1.54, 1.807) is 18.5 Å². The average molecular weight is 352 g/mol. The van der Waals surface area contributed by atoms with Crippen molar-refractivity contribution in [2.75, 3.05) is 5.32 Å². The fourth-order valence-corrected chi connectivity index (χ4v) is 3.70. The van der Waals surface area contributed by atoms with Gasteiger partial charge in [0.05, 0.1) is 24.0 Å². The van der Waals surface area contributed by atoms with Crippen LogP contribution >= 0.6 is 0 Å². The van der Waals surface area contributed by atoms with Crippen molar-refractivity contribution < 1.29 is 9.50 Å². The second kappa shape index (κ2) is 7.25. The highest BCUT2D eigenvalue weighted by Crippen LogP contribution is 2.31. The number of hydrogen-bond donors (Lipinski definition) is 2. The van der Waals surface area contributed by atoms with Crippen LogP contribution in [0.25, 0.3) is 11.4 Å². The summed E-state index contributed by atoms with van der Waals surface area (Å²) in [6.45, 7) is 0.776. The smallest absolute Gasteiger partial charge is 0.164 e. The third kappa shape index (κ3) is 3.46. The molecule has 4 rings (SSSR count). The molecule has 26 heavy (non-hydrogen) atoms. The number of anilines is 1. The third-order valence-electron chi connectivity index (χ3n) is 4.94. The van der Waals surface area contributed by atoms with E-state index in [9.17, 15) is 9.50 Å². The molecule has 0 radical (unpaired) electrons. The van der Waals surface area contributed by atoms with Crippen LogP contribution in [0.5, 0.6) is 0 Å². The highest BCUT2D eigenvalue weighted by Gasteiger charge is 2.33. The fourth-order valence-electron chi connectivity index (χ4n) is 3.70. The molecule has 1 fully saturated rings. The van der Waals surface area contributed by atoms with Gasteiger partial charge in [0.2, 0.25) is 0 Å². The van der Waals surface area contributed by atoms with Gasteiger partial charge in [-0.1, -0.05) is 30.3 Å². The van der Waals surface area contributed by atoms with E-state index in [0.717, 1.165) is 24.4 Å². The van der Waals surface area contributed by atoms with E-state index in [1.165, 1.54) is 6.20 Å². The highest BCUT2D eigenvalue weighted by atomic mass is 19.1. The number of aliphatic hydroxyl groups excluding tert-OH is 1. The molecule has 1 aromatic carbocycles. The largest absolute Gasteiger partial charge is 0.391 e. The minimum Gasteiger partial charge on any atom is -0.391 e. The summed E-state index contributed by atoms with van der Waals surface area (Å²) < 4.78 is 15.9. The minimum absolute atomic E-state index is 0.166. The first-order chi connectivity index (χ1) is 12.7. The van der Waals surface area contributed by atoms with Crippen molar-refractivity contribution in [3.8, 4) is 11.4 Å². The number of aliphatic hydroxyl groups is 1. The Balaban J connectivity index is 1.45. The quantitative estimate of drug-likeness (QED) is 0.739. The van der Waals surface area contributed by atoms with Gasteiger partial charge in [-0.15, -0.1) is 0 Å². The Kier molecular flexibility index (Phi) is 4.67. The first-order valence-corrected chi connectivity index (χ1v) is 8.81. The molecule has 6 heteroatoms. The number of rotatable bonds is 5. The van der Waals surface area contributed by atoms with Gasteiger partial charge in [0.25, 0.3) is 0 Å². The first-order valence-electron chi connectivity index (χ1n) is 8.81. The third-order valence-corrected chi connectivity index (χ3v) is 4.94. The molecule has 2 aromatic heterocycles. The lowest BCUT2D eigenvalue weighted by atomic mass is 10.1. The zero-order valence-electron chi connectivity index (χ0n) is 14.3. The molecule has 1 saturated carbocycles. The lowest BCUT2D eigenvalue weighted by Crippen LogP contribution is -2.28. The highest BCUT2D eigenvalue weighted by molar-refractivity contribution is 5.55. The Bertz CT molecular complexity index is 867. The maximum Gasteiger partial charge on any atom is 0.164 e. The molecule has 0 spiro atoms. The maximum atomic E-state index is 13.8. The van der Waals surface area contributed by atoms with Crippen LogP contribution in [0.15, 0.2) is 61.2 Å². The van der Waals surface area contributed by atoms with Crippen LogP contribution in [0.3, 0.4) is 0 Å². The number of hydrogen-bond acceptors (Lipinski definition) is 4. The Morgan fingerprint density at radius 1 is 1.15 bits per heavy atom. The summed E-state index contributed by atoms with van der Waals surface area (Å²) in [7, 11) is 0. The lowest BCUT2D eigenvalue weighted by molar-refractivity contribution is 0.166. The average Bonchev–Trinajstić information content (AvgIpc) is 3.25. The molecule has 1 aliphatic rings. The van der Waals surface area contributed by atoms with Crippen molar-refractivity contribution >= 4 is 5.69 Å². The summed E-state index contributed by atoms with van der Waals surface area (Å²) in [6.07, 6.45) is 7.44. The minimum atomic E-state index is -0.503. The van der Waals surface area contributed by atoms with Crippen molar-refractivity contribution in [2.45, 2.75) is 31.5 Å². The van der Waals surface area contributed by atoms with Crippen molar-refractivity contribution in [3.63, 3.8) is 0 Å². The molecule has 1 unspecified atom stereocenters. The molecule has 0 bridgehead atoms. The molecule has 2 N–H and O–H groups in total. The van der Waals surface area contributed by atoms with Crippen molar-refractivity contribution in [1.29, 1.82) is 0 Å². The maximum absolute atomic E-state index is 13.8. The monoisotopic (exact) mass is 352 g/mol. The van der Waals surface area contributed by atoms with Gasteiger partial charge in [-0.25, -0.2) is 9.37 Å². The van der Waals surface area contributed by atoms with Crippen molar-refractivity contribution in [2.24, 2.45) is 5.92 Å². The number of aromatic nitrogens is 3. The summed E-state index contributed by atoms with van der Waals surface area (Å²) in [4.78, 5) is 8.23. The van der Waals surface area contributed by atoms with E-state index in [0.29, 0.717) is 18.0 Å². The Labute approximate surface area is 151 Å². The summed E-state index contributed by atoms with van der Waals surface area (Å²) in [5.74, 6) is 0.824. The number of nitrogens with one attached hydrogen (secondary N) is 1. The summed E-state index contributed by atoms with van der Waals surface area (Å²) >= 11 is 0. The van der Waals surface area contributed by atoms with Crippen LogP contribution in [-0.2, 0) is 6.54 Å². The van der Waals surface area contributed by atoms with E-state index in [-0.39, 0.29) is 6.04 Å². The molecule has 0 amide bonds. The van der Waals surface area contributed by atoms with Crippen LogP contribution in [0.1, 0.15) is 12.8 Å². The van der Waals surface area contributed by atoms with E-state index in [1.807, 2.05) is 36.5 Å². The predicted molar refractivity (Wildman–Crippen MR) is 98.0 cm³/mol. The molecule has 3 atom stereocenters. The normalized spacial score (nSPS) is 22.5. The van der Waals surface area contributed by atoms with Gasteiger partial charge in [0.15, 0.2) is 5.82 Å². The van der Waals surface area contributed by atoms with Crippen LogP contribution in [0.4, 0.5) is 10.1 Å². The van der Waals surface area contributed by atoms with Gasteiger partial charge < -0.3 is 15.0 Å². The number of benzene rings is 1. The molecule has 0 saturated heterocycles. The molecule has 2 heterocycles. The van der Waals surface area contributed by atoms with Gasteiger partial charge in [-0.05, 0) is 24.8 Å². The first kappa shape index (κ1) is 16.7. The zero-order valence-corrected chi connectivity index (χ0v) is 14.3. The molecule has 3 aromatic rings. The molecular formula is C20H21FN4O. The number of pyridine rings is 1. The fraction of sp³-hybridized carbons (Fsp3) is 0.300. The van der Waals surface area contributed by atoms with Gasteiger partial charge >= 0.3 is 0 Å². The summed E-state index contributed by atoms with van der Waals surface area (Å²) in [5, 5.41) is 13.5. The molecule has 5 nitrogen and oxygen atoms in total. The molecule has 0 aliphatic heterocycles. The second-order valence-electron chi connectivity index (χ2n) is 6.78. The Morgan fingerprint density at radius 2 is 2.00 bits per heavy atom. The second-order valence-corrected chi connectivity index (χ2v) is 6.78. The van der Waals surface area contributed by atoms with E-state index >= 15 is 0 Å². The van der Waals surface area contributed by atoms with Crippen LogP contribution in [0, 0.1) is 11.7 Å². The Morgan fingerprint density at radius 3 is 2.81 bits per heavy atom. The zero-order chi connectivity index (χ0) is 17.9. The van der Waals surface area contributed by atoms with Gasteiger partial charge in [0.1, 0.15) is 5.82 Å². The molecular weight excluding hydrogens is 331 g/mol. The summed E-state index contributed by atoms with van der Waals surface area (Å²) in [6, 6.07) is 11.5. The van der Waals surface area contributed by atoms with Crippen LogP contribution in [0.2, 0.25) is 0 Å². The predicted octanol–water partition coefficient (Wildman–Crippen LogP) is 3.34. The number of nitrogens with zero attached hydrogens (tertiary/aromatic N) is 3. The number of halogens is 1. The molecule has 134 valence electrons. The van der Waals surface area contributed by atoms with Crippen molar-refractivity contribution in [1.82, 2.24) is 14.5 Å². The topological polar surface area (TPSA) is 63.0 Å². The van der Waals surface area contributed by atoms with Gasteiger partial charge in [0, 0.05) is 30.7 Å². The van der Waals surface area contributed by atoms with Crippen molar-refractivity contribution in [3.05, 3.63) is 67.0 Å². The number of imidazole rings is 1. The van der Waals surface area contributed by atoms with Crippen LogP contribution < -0.4 is 5.32 Å². The summed E-state index contributed by atoms with van der Waals surface area (Å²) in [5.41, 5.74) is 1.46. The van der Waals surface area contributed by atoms with E-state index in [2.05, 4.69) is 19.9 Å². The SMILES string of the molecule is O[C@@H]1CC(Cn2ccnc2-c2ccccc2)C[C@H]1Nc1ccncc1F. The Hall–Kier alpha value is -2.73. The standard InChI is InChI=1S/C20H21FN4O/c21-16-12-22-7-6-17(16)24-18-10-14(11-19(18)26)13-25-9-8-23-20(25)15-4-2-1-3-5-15/h1-9,12,14,18-19,26H,10-11,13H2,(H,22,24)/t14?,18-,19-/m1/s1. The van der Waals surface area contributed by atoms with E-state index < -0.39 is 11.9 Å².